The van der Waals surface area contributed by atoms with E-state index in [1.165, 1.54) is 0 Å². The first kappa shape index (κ1) is 17.5. The maximum Gasteiger partial charge on any atom is 0.203 e. The third kappa shape index (κ3) is 3.72. The van der Waals surface area contributed by atoms with Crippen LogP contribution in [-0.4, -0.2) is 12.9 Å². The fourth-order valence-electron chi connectivity index (χ4n) is 2.55. The lowest BCUT2D eigenvalue weighted by atomic mass is 9.94. The van der Waals surface area contributed by atoms with Crippen LogP contribution in [-0.2, 0) is 0 Å². The number of Topliss-reactive ketones (excluding diaryl/α,β-unsaturated/α-hetero) is 1. The summed E-state index contributed by atoms with van der Waals surface area (Å²) >= 11 is 0. The van der Waals surface area contributed by atoms with E-state index in [-0.39, 0.29) is 17.3 Å². The lowest BCUT2D eigenvalue weighted by molar-refractivity contribution is 0.104. The topological polar surface area (TPSA) is 50.1 Å². The number of allylic oxidation sites excluding steroid dienone is 1. The molecule has 3 heteroatoms. The zero-order valence-electron chi connectivity index (χ0n) is 14.5. The molecule has 2 rings (SSSR count). The summed E-state index contributed by atoms with van der Waals surface area (Å²) in [6.45, 7) is 6.11. The minimum absolute atomic E-state index is 0.129. The Morgan fingerprint density at radius 1 is 1.21 bits per heavy atom. The SMILES string of the molecule is COc1cc(C)c(/C=C(\C#N)C(=O)c2ccccc2)cc1C(C)C. The zero-order valence-corrected chi connectivity index (χ0v) is 14.5. The van der Waals surface area contributed by atoms with Crippen molar-refractivity contribution in [1.29, 1.82) is 5.26 Å². The molecule has 0 bridgehead atoms. The second-order valence-corrected chi connectivity index (χ2v) is 5.97. The van der Waals surface area contributed by atoms with E-state index in [1.54, 1.807) is 37.5 Å². The molecule has 0 radical (unpaired) electrons. The van der Waals surface area contributed by atoms with Crippen molar-refractivity contribution in [3.8, 4) is 11.8 Å². The Labute approximate surface area is 143 Å². The Kier molecular flexibility index (Phi) is 5.55. The van der Waals surface area contributed by atoms with Crippen molar-refractivity contribution in [1.82, 2.24) is 0 Å². The van der Waals surface area contributed by atoms with Crippen LogP contribution >= 0.6 is 0 Å². The van der Waals surface area contributed by atoms with E-state index < -0.39 is 0 Å². The molecule has 0 amide bonds. The molecule has 0 fully saturated rings. The fourth-order valence-corrected chi connectivity index (χ4v) is 2.55. The summed E-state index contributed by atoms with van der Waals surface area (Å²) in [5.41, 5.74) is 3.52. The number of benzene rings is 2. The average Bonchev–Trinajstić information content (AvgIpc) is 2.60. The number of nitriles is 1. The summed E-state index contributed by atoms with van der Waals surface area (Å²) in [5.74, 6) is 0.843. The monoisotopic (exact) mass is 319 g/mol. The highest BCUT2D eigenvalue weighted by Crippen LogP contribution is 2.30. The molecule has 0 aliphatic rings. The van der Waals surface area contributed by atoms with Gasteiger partial charge < -0.3 is 4.74 Å². The van der Waals surface area contributed by atoms with Crippen molar-refractivity contribution in [2.24, 2.45) is 0 Å². The molecule has 0 spiro atoms. The van der Waals surface area contributed by atoms with E-state index in [4.69, 9.17) is 4.74 Å². The number of rotatable bonds is 5. The largest absolute Gasteiger partial charge is 0.496 e. The lowest BCUT2D eigenvalue weighted by Gasteiger charge is -2.15. The summed E-state index contributed by atoms with van der Waals surface area (Å²) in [6, 6.07) is 14.8. The van der Waals surface area contributed by atoms with Gasteiger partial charge in [-0.1, -0.05) is 44.2 Å². The third-order valence-corrected chi connectivity index (χ3v) is 3.94. The van der Waals surface area contributed by atoms with E-state index in [9.17, 15) is 10.1 Å². The number of nitrogens with zero attached hydrogens (tertiary/aromatic N) is 1. The molecule has 0 aliphatic carbocycles. The highest BCUT2D eigenvalue weighted by molar-refractivity contribution is 6.14. The predicted molar refractivity (Wildman–Crippen MR) is 96.2 cm³/mol. The van der Waals surface area contributed by atoms with Crippen molar-refractivity contribution in [2.45, 2.75) is 26.7 Å². The van der Waals surface area contributed by atoms with E-state index in [2.05, 4.69) is 13.8 Å². The van der Waals surface area contributed by atoms with Gasteiger partial charge in [-0.3, -0.25) is 4.79 Å². The molecule has 0 saturated heterocycles. The minimum atomic E-state index is -0.264. The minimum Gasteiger partial charge on any atom is -0.496 e. The van der Waals surface area contributed by atoms with Crippen molar-refractivity contribution >= 4 is 11.9 Å². The Morgan fingerprint density at radius 2 is 1.88 bits per heavy atom. The predicted octanol–water partition coefficient (Wildman–Crippen LogP) is 4.92. The summed E-state index contributed by atoms with van der Waals surface area (Å²) in [4.78, 5) is 12.5. The number of carbonyl (C=O) groups excluding carboxylic acids is 1. The molecule has 2 aromatic carbocycles. The van der Waals surface area contributed by atoms with Crippen LogP contribution in [0.2, 0.25) is 0 Å². The summed E-state index contributed by atoms with van der Waals surface area (Å²) in [7, 11) is 1.65. The first-order valence-corrected chi connectivity index (χ1v) is 7.88. The molecule has 0 saturated carbocycles. The van der Waals surface area contributed by atoms with Crippen LogP contribution in [0, 0.1) is 18.3 Å². The second-order valence-electron chi connectivity index (χ2n) is 5.97. The van der Waals surface area contributed by atoms with Gasteiger partial charge in [0.15, 0.2) is 0 Å². The van der Waals surface area contributed by atoms with E-state index in [0.717, 1.165) is 22.4 Å². The van der Waals surface area contributed by atoms with Crippen molar-refractivity contribution in [3.63, 3.8) is 0 Å². The molecule has 0 aromatic heterocycles. The first-order valence-electron chi connectivity index (χ1n) is 7.88. The van der Waals surface area contributed by atoms with Crippen LogP contribution in [0.4, 0.5) is 0 Å². The van der Waals surface area contributed by atoms with Crippen molar-refractivity contribution in [3.05, 3.63) is 70.3 Å². The van der Waals surface area contributed by atoms with Crippen molar-refractivity contribution in [2.75, 3.05) is 7.11 Å². The molecule has 0 unspecified atom stereocenters. The summed E-state index contributed by atoms with van der Waals surface area (Å²) in [6.07, 6.45) is 1.66. The van der Waals surface area contributed by atoms with Gasteiger partial charge in [0.2, 0.25) is 5.78 Å². The van der Waals surface area contributed by atoms with Gasteiger partial charge in [0.05, 0.1) is 7.11 Å². The van der Waals surface area contributed by atoms with Gasteiger partial charge in [0, 0.05) is 5.56 Å². The maximum atomic E-state index is 12.5. The molecule has 122 valence electrons. The van der Waals surface area contributed by atoms with Crippen LogP contribution in [0.1, 0.15) is 46.8 Å². The molecule has 2 aromatic rings. The second kappa shape index (κ2) is 7.61. The van der Waals surface area contributed by atoms with Gasteiger partial charge in [0.25, 0.3) is 0 Å². The van der Waals surface area contributed by atoms with Crippen molar-refractivity contribution < 1.29 is 9.53 Å². The number of hydrogen-bond acceptors (Lipinski definition) is 3. The number of carbonyl (C=O) groups is 1. The number of hydrogen-bond donors (Lipinski definition) is 0. The molecular formula is C21H21NO2. The van der Waals surface area contributed by atoms with Gasteiger partial charge in [-0.15, -0.1) is 0 Å². The van der Waals surface area contributed by atoms with Gasteiger partial charge in [-0.05, 0) is 47.7 Å². The van der Waals surface area contributed by atoms with Crippen LogP contribution in [0.15, 0.2) is 48.0 Å². The molecule has 24 heavy (non-hydrogen) atoms. The third-order valence-electron chi connectivity index (χ3n) is 3.94. The molecule has 3 nitrogen and oxygen atoms in total. The Balaban J connectivity index is 2.50. The van der Waals surface area contributed by atoms with Crippen LogP contribution in [0.5, 0.6) is 5.75 Å². The standard InChI is InChI=1S/C21H21NO2/c1-14(2)19-12-17(15(3)10-20(19)24-4)11-18(13-22)21(23)16-8-6-5-7-9-16/h5-12,14H,1-4H3/b18-11+. The molecular weight excluding hydrogens is 298 g/mol. The van der Waals surface area contributed by atoms with E-state index in [1.807, 2.05) is 31.2 Å². The van der Waals surface area contributed by atoms with E-state index in [0.29, 0.717) is 5.56 Å². The number of aryl methyl sites for hydroxylation is 1. The number of ketones is 1. The van der Waals surface area contributed by atoms with Gasteiger partial charge in [0.1, 0.15) is 17.4 Å². The first-order chi connectivity index (χ1) is 11.5. The van der Waals surface area contributed by atoms with Gasteiger partial charge in [-0.2, -0.15) is 5.26 Å². The normalized spacial score (nSPS) is 11.2. The fraction of sp³-hybridized carbons (Fsp3) is 0.238. The van der Waals surface area contributed by atoms with Gasteiger partial charge in [-0.25, -0.2) is 0 Å². The van der Waals surface area contributed by atoms with E-state index >= 15 is 0 Å². The van der Waals surface area contributed by atoms with Crippen LogP contribution < -0.4 is 4.74 Å². The highest BCUT2D eigenvalue weighted by Gasteiger charge is 2.14. The quantitative estimate of drug-likeness (QED) is 0.446. The summed E-state index contributed by atoms with van der Waals surface area (Å²) < 4.78 is 5.44. The Morgan fingerprint density at radius 3 is 2.42 bits per heavy atom. The Bertz CT molecular complexity index is 812. The smallest absolute Gasteiger partial charge is 0.203 e. The summed E-state index contributed by atoms with van der Waals surface area (Å²) in [5, 5.41) is 9.43. The van der Waals surface area contributed by atoms with Gasteiger partial charge >= 0.3 is 0 Å². The Hall–Kier alpha value is -2.86. The molecule has 0 heterocycles. The zero-order chi connectivity index (χ0) is 17.7. The lowest BCUT2D eigenvalue weighted by Crippen LogP contribution is -2.02. The molecule has 0 aliphatic heterocycles. The van der Waals surface area contributed by atoms with Crippen LogP contribution in [0.25, 0.3) is 6.08 Å². The van der Waals surface area contributed by atoms with Crippen LogP contribution in [0.3, 0.4) is 0 Å². The average molecular weight is 319 g/mol. The number of methoxy groups -OCH3 is 1. The molecule has 0 atom stereocenters. The molecule has 0 N–H and O–H groups in total. The maximum absolute atomic E-state index is 12.5. The number of ether oxygens (including phenoxy) is 1. The highest BCUT2D eigenvalue weighted by atomic mass is 16.5.